The van der Waals surface area contributed by atoms with E-state index in [4.69, 9.17) is 4.74 Å². The number of ether oxygens (including phenoxy) is 1. The number of benzene rings is 1. The molecule has 0 saturated heterocycles. The lowest BCUT2D eigenvalue weighted by Crippen LogP contribution is -2.23. The van der Waals surface area contributed by atoms with Gasteiger partial charge in [0.1, 0.15) is 11.4 Å². The van der Waals surface area contributed by atoms with E-state index in [1.807, 2.05) is 6.08 Å². The van der Waals surface area contributed by atoms with Gasteiger partial charge in [-0.3, -0.25) is 0 Å². The van der Waals surface area contributed by atoms with Crippen LogP contribution in [0.3, 0.4) is 0 Å². The van der Waals surface area contributed by atoms with Crippen molar-refractivity contribution in [1.29, 1.82) is 0 Å². The molecule has 0 aliphatic carbocycles. The highest BCUT2D eigenvalue weighted by Gasteiger charge is 2.14. The van der Waals surface area contributed by atoms with Gasteiger partial charge < -0.3 is 4.74 Å². The first kappa shape index (κ1) is 11.8. The summed E-state index contributed by atoms with van der Waals surface area (Å²) in [6, 6.07) is 4.20. The van der Waals surface area contributed by atoms with Gasteiger partial charge >= 0.3 is 0 Å². The molecule has 1 aromatic rings. The topological polar surface area (TPSA) is 9.23 Å². The van der Waals surface area contributed by atoms with E-state index in [1.54, 1.807) is 0 Å². The van der Waals surface area contributed by atoms with E-state index in [1.165, 1.54) is 11.1 Å². The minimum Gasteiger partial charge on any atom is -0.488 e. The maximum absolute atomic E-state index is 5.88. The van der Waals surface area contributed by atoms with Gasteiger partial charge in [-0.05, 0) is 63.4 Å². The van der Waals surface area contributed by atoms with Crippen molar-refractivity contribution >= 4 is 6.08 Å². The molecule has 1 nitrogen and oxygen atoms in total. The Morgan fingerprint density at radius 1 is 1.13 bits per heavy atom. The van der Waals surface area contributed by atoms with Crippen LogP contribution < -0.4 is 4.74 Å². The van der Waals surface area contributed by atoms with Crippen LogP contribution in [-0.2, 0) is 0 Å². The molecule has 0 spiro atoms. The molecule has 0 fully saturated rings. The smallest absolute Gasteiger partial charge is 0.123 e. The fourth-order valence-electron chi connectivity index (χ4n) is 1.47. The molecule has 1 rings (SSSR count). The molecule has 0 heterocycles. The lowest BCUT2D eigenvalue weighted by molar-refractivity contribution is 0.130. The van der Waals surface area contributed by atoms with Gasteiger partial charge in [-0.25, -0.2) is 0 Å². The van der Waals surface area contributed by atoms with Crippen molar-refractivity contribution in [3.05, 3.63) is 35.4 Å². The Morgan fingerprint density at radius 2 is 1.73 bits per heavy atom. The van der Waals surface area contributed by atoms with Crippen LogP contribution in [0, 0.1) is 13.8 Å². The van der Waals surface area contributed by atoms with Crippen molar-refractivity contribution in [2.75, 3.05) is 0 Å². The summed E-state index contributed by atoms with van der Waals surface area (Å²) in [5, 5.41) is 0. The average Bonchev–Trinajstić information content (AvgIpc) is 2.08. The van der Waals surface area contributed by atoms with Gasteiger partial charge in [0.2, 0.25) is 0 Å². The predicted octanol–water partition coefficient (Wildman–Crippen LogP) is 4.12. The van der Waals surface area contributed by atoms with Gasteiger partial charge in [0.05, 0.1) is 0 Å². The molecule has 0 saturated carbocycles. The summed E-state index contributed by atoms with van der Waals surface area (Å²) in [7, 11) is 0. The van der Waals surface area contributed by atoms with Gasteiger partial charge in [0, 0.05) is 0 Å². The van der Waals surface area contributed by atoms with E-state index in [2.05, 4.69) is 53.3 Å². The third-order valence-electron chi connectivity index (χ3n) is 2.20. The first-order valence-electron chi connectivity index (χ1n) is 5.26. The summed E-state index contributed by atoms with van der Waals surface area (Å²) in [6.45, 7) is 14.1. The summed E-state index contributed by atoms with van der Waals surface area (Å²) < 4.78 is 5.88. The second-order valence-corrected chi connectivity index (χ2v) is 4.89. The molecule has 0 bridgehead atoms. The number of hydrogen-bond acceptors (Lipinski definition) is 1. The number of aryl methyl sites for hydroxylation is 2. The third-order valence-corrected chi connectivity index (χ3v) is 2.20. The zero-order chi connectivity index (χ0) is 11.6. The van der Waals surface area contributed by atoms with Gasteiger partial charge in [-0.2, -0.15) is 0 Å². The molecule has 82 valence electrons. The van der Waals surface area contributed by atoms with Crippen molar-refractivity contribution < 1.29 is 4.74 Å². The van der Waals surface area contributed by atoms with Crippen LogP contribution in [0.5, 0.6) is 5.75 Å². The van der Waals surface area contributed by atoms with Crippen LogP contribution in [0.1, 0.15) is 37.5 Å². The average molecular weight is 204 g/mol. The maximum Gasteiger partial charge on any atom is 0.123 e. The molecule has 15 heavy (non-hydrogen) atoms. The minimum atomic E-state index is -0.146. The van der Waals surface area contributed by atoms with Crippen molar-refractivity contribution in [2.24, 2.45) is 0 Å². The Hall–Kier alpha value is -1.24. The molecule has 1 heteroatoms. The van der Waals surface area contributed by atoms with E-state index >= 15 is 0 Å². The Kier molecular flexibility index (Phi) is 3.23. The Morgan fingerprint density at radius 3 is 2.20 bits per heavy atom. The fourth-order valence-corrected chi connectivity index (χ4v) is 1.47. The second-order valence-electron chi connectivity index (χ2n) is 4.89. The molecular formula is C14H20O. The fraction of sp³-hybridized carbons (Fsp3) is 0.429. The van der Waals surface area contributed by atoms with Gasteiger partial charge in [0.15, 0.2) is 0 Å². The van der Waals surface area contributed by atoms with Gasteiger partial charge in [-0.1, -0.05) is 12.7 Å². The van der Waals surface area contributed by atoms with Crippen molar-refractivity contribution in [2.45, 2.75) is 40.2 Å². The molecule has 0 amide bonds. The summed E-state index contributed by atoms with van der Waals surface area (Å²) in [6.07, 6.45) is 1.88. The molecule has 0 aliphatic heterocycles. The van der Waals surface area contributed by atoms with E-state index in [9.17, 15) is 0 Å². The van der Waals surface area contributed by atoms with E-state index in [0.29, 0.717) is 0 Å². The highest BCUT2D eigenvalue weighted by molar-refractivity contribution is 5.56. The van der Waals surface area contributed by atoms with Gasteiger partial charge in [-0.15, -0.1) is 0 Å². The van der Waals surface area contributed by atoms with Crippen LogP contribution in [0.2, 0.25) is 0 Å². The Bertz CT molecular complexity index is 370. The second kappa shape index (κ2) is 4.09. The number of hydrogen-bond donors (Lipinski definition) is 0. The van der Waals surface area contributed by atoms with Gasteiger partial charge in [0.25, 0.3) is 0 Å². The van der Waals surface area contributed by atoms with Crippen molar-refractivity contribution in [3.8, 4) is 5.75 Å². The monoisotopic (exact) mass is 204 g/mol. The van der Waals surface area contributed by atoms with Crippen molar-refractivity contribution in [1.82, 2.24) is 0 Å². The van der Waals surface area contributed by atoms with Crippen LogP contribution >= 0.6 is 0 Å². The largest absolute Gasteiger partial charge is 0.488 e. The zero-order valence-electron chi connectivity index (χ0n) is 10.3. The molecule has 0 aromatic heterocycles. The van der Waals surface area contributed by atoms with Crippen LogP contribution in [0.15, 0.2) is 18.7 Å². The summed E-state index contributed by atoms with van der Waals surface area (Å²) in [5.41, 5.74) is 3.39. The van der Waals surface area contributed by atoms with Crippen LogP contribution in [0.25, 0.3) is 6.08 Å². The highest BCUT2D eigenvalue weighted by atomic mass is 16.5. The van der Waals surface area contributed by atoms with Crippen LogP contribution in [0.4, 0.5) is 0 Å². The molecule has 0 aliphatic rings. The third kappa shape index (κ3) is 3.12. The van der Waals surface area contributed by atoms with Crippen molar-refractivity contribution in [3.63, 3.8) is 0 Å². The molecular weight excluding hydrogens is 184 g/mol. The number of rotatable bonds is 2. The lowest BCUT2D eigenvalue weighted by atomic mass is 10.0. The molecule has 0 N–H and O–H groups in total. The minimum absolute atomic E-state index is 0.146. The Balaban J connectivity index is 3.11. The molecule has 0 radical (unpaired) electrons. The highest BCUT2D eigenvalue weighted by Crippen LogP contribution is 2.26. The SMILES string of the molecule is C=Cc1cc(C)c(OC(C)(C)C)cc1C. The quantitative estimate of drug-likeness (QED) is 0.704. The lowest BCUT2D eigenvalue weighted by Gasteiger charge is -2.23. The predicted molar refractivity (Wildman–Crippen MR) is 66.4 cm³/mol. The Labute approximate surface area is 92.8 Å². The summed E-state index contributed by atoms with van der Waals surface area (Å²) >= 11 is 0. The van der Waals surface area contributed by atoms with E-state index < -0.39 is 0 Å². The first-order chi connectivity index (χ1) is 6.83. The standard InChI is InChI=1S/C14H20O/c1-7-12-8-11(3)13(9-10(12)2)15-14(4,5)6/h7-9H,1H2,2-6H3. The summed E-state index contributed by atoms with van der Waals surface area (Å²) in [4.78, 5) is 0. The van der Waals surface area contributed by atoms with E-state index in [-0.39, 0.29) is 5.60 Å². The molecule has 0 unspecified atom stereocenters. The first-order valence-corrected chi connectivity index (χ1v) is 5.26. The maximum atomic E-state index is 5.88. The van der Waals surface area contributed by atoms with E-state index in [0.717, 1.165) is 11.3 Å². The van der Waals surface area contributed by atoms with Crippen LogP contribution in [-0.4, -0.2) is 5.60 Å². The summed E-state index contributed by atoms with van der Waals surface area (Å²) in [5.74, 6) is 0.964. The zero-order valence-corrected chi connectivity index (χ0v) is 10.3. The molecule has 1 aromatic carbocycles. The normalized spacial score (nSPS) is 11.3. The molecule has 0 atom stereocenters.